The Morgan fingerprint density at radius 1 is 0.929 bits per heavy atom. The van der Waals surface area contributed by atoms with Gasteiger partial charge in [-0.1, -0.05) is 48.5 Å². The highest BCUT2D eigenvalue weighted by molar-refractivity contribution is 6.01. The van der Waals surface area contributed by atoms with E-state index in [4.69, 9.17) is 4.74 Å². The summed E-state index contributed by atoms with van der Waals surface area (Å²) in [6.45, 7) is 1.95. The standard InChI is InChI=1S/C24H24N2O2/c1-28-23-14-8-9-19-15-16-25(17-22(19)23)18-24(27)26(20-10-4-2-5-11-20)21-12-6-3-7-13-21/h2-14H,15-18H2,1H3. The minimum atomic E-state index is 0.0655. The molecular weight excluding hydrogens is 348 g/mol. The number of fused-ring (bicyclic) bond motifs is 1. The summed E-state index contributed by atoms with van der Waals surface area (Å²) >= 11 is 0. The smallest absolute Gasteiger partial charge is 0.245 e. The van der Waals surface area contributed by atoms with Gasteiger partial charge in [0.15, 0.2) is 0 Å². The third-order valence-corrected chi connectivity index (χ3v) is 5.17. The molecule has 0 unspecified atom stereocenters. The van der Waals surface area contributed by atoms with Crippen molar-refractivity contribution >= 4 is 17.3 Å². The van der Waals surface area contributed by atoms with E-state index in [-0.39, 0.29) is 5.91 Å². The Morgan fingerprint density at radius 2 is 1.57 bits per heavy atom. The molecular formula is C24H24N2O2. The fraction of sp³-hybridized carbons (Fsp3) is 0.208. The second-order valence-corrected chi connectivity index (χ2v) is 6.96. The minimum Gasteiger partial charge on any atom is -0.496 e. The predicted molar refractivity (Wildman–Crippen MR) is 112 cm³/mol. The van der Waals surface area contributed by atoms with E-state index in [1.165, 1.54) is 11.1 Å². The van der Waals surface area contributed by atoms with Gasteiger partial charge in [0.1, 0.15) is 5.75 Å². The molecule has 0 radical (unpaired) electrons. The Hall–Kier alpha value is -3.11. The van der Waals surface area contributed by atoms with Gasteiger partial charge >= 0.3 is 0 Å². The SMILES string of the molecule is COc1cccc2c1CN(CC(=O)N(c1ccccc1)c1ccccc1)CC2. The summed E-state index contributed by atoms with van der Waals surface area (Å²) in [4.78, 5) is 17.3. The molecule has 142 valence electrons. The summed E-state index contributed by atoms with van der Waals surface area (Å²) < 4.78 is 5.53. The zero-order valence-electron chi connectivity index (χ0n) is 16.0. The molecule has 1 aliphatic heterocycles. The Labute approximate surface area is 166 Å². The van der Waals surface area contributed by atoms with Crippen molar-refractivity contribution in [2.24, 2.45) is 0 Å². The third-order valence-electron chi connectivity index (χ3n) is 5.17. The van der Waals surface area contributed by atoms with Crippen LogP contribution in [0.2, 0.25) is 0 Å². The molecule has 0 aromatic heterocycles. The van der Waals surface area contributed by atoms with Crippen molar-refractivity contribution in [3.8, 4) is 5.75 Å². The first-order chi connectivity index (χ1) is 13.8. The first kappa shape index (κ1) is 18.3. The number of carbonyl (C=O) groups excluding carboxylic acids is 1. The number of methoxy groups -OCH3 is 1. The molecule has 1 amide bonds. The minimum absolute atomic E-state index is 0.0655. The third kappa shape index (κ3) is 3.78. The first-order valence-electron chi connectivity index (χ1n) is 9.56. The van der Waals surface area contributed by atoms with Crippen molar-refractivity contribution in [2.45, 2.75) is 13.0 Å². The number of benzene rings is 3. The molecule has 1 heterocycles. The molecule has 1 aliphatic rings. The Kier molecular flexibility index (Phi) is 5.40. The molecule has 0 atom stereocenters. The normalized spacial score (nSPS) is 13.6. The quantitative estimate of drug-likeness (QED) is 0.665. The van der Waals surface area contributed by atoms with E-state index >= 15 is 0 Å². The van der Waals surface area contributed by atoms with Crippen LogP contribution < -0.4 is 9.64 Å². The van der Waals surface area contributed by atoms with E-state index in [0.717, 1.165) is 36.6 Å². The average Bonchev–Trinajstić information content (AvgIpc) is 2.75. The zero-order chi connectivity index (χ0) is 19.3. The number of para-hydroxylation sites is 2. The lowest BCUT2D eigenvalue weighted by atomic mass is 9.99. The van der Waals surface area contributed by atoms with Gasteiger partial charge in [-0.15, -0.1) is 0 Å². The van der Waals surface area contributed by atoms with Gasteiger partial charge in [0.05, 0.1) is 13.7 Å². The van der Waals surface area contributed by atoms with Gasteiger partial charge in [-0.2, -0.15) is 0 Å². The first-order valence-corrected chi connectivity index (χ1v) is 9.56. The molecule has 0 fully saturated rings. The van der Waals surface area contributed by atoms with Crippen molar-refractivity contribution in [1.29, 1.82) is 0 Å². The van der Waals surface area contributed by atoms with Crippen LogP contribution in [0.3, 0.4) is 0 Å². The van der Waals surface area contributed by atoms with Crippen molar-refractivity contribution in [3.05, 3.63) is 90.0 Å². The topological polar surface area (TPSA) is 32.8 Å². The molecule has 28 heavy (non-hydrogen) atoms. The fourth-order valence-corrected chi connectivity index (χ4v) is 3.79. The molecule has 4 heteroatoms. The van der Waals surface area contributed by atoms with Crippen molar-refractivity contribution in [2.75, 3.05) is 25.1 Å². The maximum absolute atomic E-state index is 13.3. The van der Waals surface area contributed by atoms with Crippen LogP contribution in [-0.2, 0) is 17.8 Å². The van der Waals surface area contributed by atoms with E-state index in [2.05, 4.69) is 11.0 Å². The molecule has 0 bridgehead atoms. The molecule has 4 nitrogen and oxygen atoms in total. The van der Waals surface area contributed by atoms with E-state index in [1.54, 1.807) is 12.0 Å². The van der Waals surface area contributed by atoms with Crippen LogP contribution in [-0.4, -0.2) is 31.0 Å². The van der Waals surface area contributed by atoms with Crippen molar-refractivity contribution in [3.63, 3.8) is 0 Å². The lowest BCUT2D eigenvalue weighted by molar-refractivity contribution is -0.119. The van der Waals surface area contributed by atoms with Gasteiger partial charge in [-0.25, -0.2) is 0 Å². The molecule has 3 aromatic carbocycles. The molecule has 3 aromatic rings. The van der Waals surface area contributed by atoms with Crippen LogP contribution >= 0.6 is 0 Å². The van der Waals surface area contributed by atoms with Crippen LogP contribution in [0.1, 0.15) is 11.1 Å². The molecule has 0 spiro atoms. The number of nitrogens with zero attached hydrogens (tertiary/aromatic N) is 2. The highest BCUT2D eigenvalue weighted by Crippen LogP contribution is 2.29. The van der Waals surface area contributed by atoms with Crippen LogP contribution in [0.5, 0.6) is 5.75 Å². The van der Waals surface area contributed by atoms with Gasteiger partial charge in [0.25, 0.3) is 0 Å². The summed E-state index contributed by atoms with van der Waals surface area (Å²) in [5.41, 5.74) is 4.27. The lowest BCUT2D eigenvalue weighted by Gasteiger charge is -2.31. The van der Waals surface area contributed by atoms with Crippen molar-refractivity contribution in [1.82, 2.24) is 4.90 Å². The molecule has 0 aliphatic carbocycles. The number of ether oxygens (including phenoxy) is 1. The van der Waals surface area contributed by atoms with Gasteiger partial charge in [0, 0.05) is 30.0 Å². The maximum Gasteiger partial charge on any atom is 0.245 e. The van der Waals surface area contributed by atoms with Gasteiger partial charge < -0.3 is 4.74 Å². The fourth-order valence-electron chi connectivity index (χ4n) is 3.79. The summed E-state index contributed by atoms with van der Waals surface area (Å²) in [7, 11) is 1.70. The summed E-state index contributed by atoms with van der Waals surface area (Å²) in [6, 6.07) is 25.8. The highest BCUT2D eigenvalue weighted by atomic mass is 16.5. The summed E-state index contributed by atoms with van der Waals surface area (Å²) in [5.74, 6) is 0.966. The van der Waals surface area contributed by atoms with Gasteiger partial charge in [0.2, 0.25) is 5.91 Å². The largest absolute Gasteiger partial charge is 0.496 e. The van der Waals surface area contributed by atoms with Gasteiger partial charge in [-0.05, 0) is 42.3 Å². The lowest BCUT2D eigenvalue weighted by Crippen LogP contribution is -2.40. The monoisotopic (exact) mass is 372 g/mol. The Morgan fingerprint density at radius 3 is 2.18 bits per heavy atom. The van der Waals surface area contributed by atoms with Gasteiger partial charge in [-0.3, -0.25) is 14.6 Å². The maximum atomic E-state index is 13.3. The average molecular weight is 372 g/mol. The van der Waals surface area contributed by atoms with E-state index in [1.807, 2.05) is 72.8 Å². The zero-order valence-corrected chi connectivity index (χ0v) is 16.0. The van der Waals surface area contributed by atoms with Crippen LogP contribution in [0.25, 0.3) is 0 Å². The van der Waals surface area contributed by atoms with E-state index < -0.39 is 0 Å². The number of rotatable bonds is 5. The van der Waals surface area contributed by atoms with Crippen LogP contribution in [0.15, 0.2) is 78.9 Å². The molecule has 0 saturated carbocycles. The molecule has 4 rings (SSSR count). The second kappa shape index (κ2) is 8.28. The summed E-state index contributed by atoms with van der Waals surface area (Å²) in [5, 5.41) is 0. The summed E-state index contributed by atoms with van der Waals surface area (Å²) in [6.07, 6.45) is 0.927. The Balaban J connectivity index is 1.57. The van der Waals surface area contributed by atoms with Crippen molar-refractivity contribution < 1.29 is 9.53 Å². The highest BCUT2D eigenvalue weighted by Gasteiger charge is 2.24. The molecule has 0 N–H and O–H groups in total. The second-order valence-electron chi connectivity index (χ2n) is 6.96. The Bertz CT molecular complexity index is 888. The van der Waals surface area contributed by atoms with Crippen LogP contribution in [0, 0.1) is 0 Å². The predicted octanol–water partition coefficient (Wildman–Crippen LogP) is 4.42. The number of hydrogen-bond donors (Lipinski definition) is 0. The van der Waals surface area contributed by atoms with E-state index in [0.29, 0.717) is 6.54 Å². The number of carbonyl (C=O) groups is 1. The number of hydrogen-bond acceptors (Lipinski definition) is 3. The molecule has 0 saturated heterocycles. The number of anilines is 2. The van der Waals surface area contributed by atoms with Crippen LogP contribution in [0.4, 0.5) is 11.4 Å². The van der Waals surface area contributed by atoms with E-state index in [9.17, 15) is 4.79 Å². The number of amides is 1.